The molecule has 0 amide bonds. The van der Waals surface area contributed by atoms with E-state index in [0.29, 0.717) is 49.1 Å². The van der Waals surface area contributed by atoms with Gasteiger partial charge >= 0.3 is 17.6 Å². The number of hydrogen-bond acceptors (Lipinski definition) is 7. The van der Waals surface area contributed by atoms with Crippen molar-refractivity contribution in [2.75, 3.05) is 32.8 Å². The number of ether oxygens (including phenoxy) is 2. The highest BCUT2D eigenvalue weighted by atomic mass is 16.5. The van der Waals surface area contributed by atoms with E-state index in [-0.39, 0.29) is 36.6 Å². The quantitative estimate of drug-likeness (QED) is 0.480. The van der Waals surface area contributed by atoms with Crippen molar-refractivity contribution in [2.45, 2.75) is 32.7 Å². The molecule has 9 nitrogen and oxygen atoms in total. The number of aromatic nitrogens is 2. The van der Waals surface area contributed by atoms with Gasteiger partial charge in [0.15, 0.2) is 0 Å². The molecule has 1 unspecified atom stereocenters. The fourth-order valence-corrected chi connectivity index (χ4v) is 4.83. The van der Waals surface area contributed by atoms with Gasteiger partial charge < -0.3 is 19.4 Å². The fraction of sp³-hybridized carbons (Fsp3) is 0.407. The third kappa shape index (κ3) is 5.41. The van der Waals surface area contributed by atoms with E-state index >= 15 is 0 Å². The van der Waals surface area contributed by atoms with Crippen molar-refractivity contribution in [1.82, 2.24) is 14.5 Å². The average Bonchev–Trinajstić information content (AvgIpc) is 2.89. The van der Waals surface area contributed by atoms with Gasteiger partial charge in [-0.3, -0.25) is 14.2 Å². The van der Waals surface area contributed by atoms with Crippen LogP contribution in [-0.4, -0.2) is 59.2 Å². The maximum atomic E-state index is 12.9. The first-order chi connectivity index (χ1) is 17.4. The number of hydrogen-bond donors (Lipinski definition) is 1. The number of fused-ring (bicyclic) bond motifs is 1. The summed E-state index contributed by atoms with van der Waals surface area (Å²) in [5, 5.41) is 0.464. The summed E-state index contributed by atoms with van der Waals surface area (Å²) < 4.78 is 11.6. The second-order valence-electron chi connectivity index (χ2n) is 8.83. The van der Waals surface area contributed by atoms with E-state index in [2.05, 4.69) is 9.88 Å². The van der Waals surface area contributed by atoms with Gasteiger partial charge in [-0.2, -0.15) is 0 Å². The molecule has 0 saturated carbocycles. The molecule has 1 fully saturated rings. The summed E-state index contributed by atoms with van der Waals surface area (Å²) >= 11 is 0. The molecule has 1 N–H and O–H groups in total. The highest BCUT2D eigenvalue weighted by molar-refractivity contribution is 5.89. The molecule has 1 aromatic heterocycles. The van der Waals surface area contributed by atoms with E-state index < -0.39 is 11.6 Å². The van der Waals surface area contributed by atoms with E-state index in [1.54, 1.807) is 50.2 Å². The van der Waals surface area contributed by atoms with Gasteiger partial charge in [-0.1, -0.05) is 24.3 Å². The number of rotatable bonds is 8. The number of likely N-dealkylation sites (tertiary alicyclic amines) is 1. The standard InChI is InChI=1S/C27H31N3O6/c1-3-35-25(32)19-11-9-18(10-12-19)20-13-14-29(17-22(20)26(33)36-4-2)15-16-30-24(31)21-7-5-6-8-23(21)28-27(30)34/h5-12,20,22H,3-4,13-17H2,1-2H3,(H,28,34)/t20?,22-/m1/s1. The molecule has 3 aromatic rings. The molecule has 1 saturated heterocycles. The zero-order valence-electron chi connectivity index (χ0n) is 20.6. The van der Waals surface area contributed by atoms with E-state index in [1.807, 2.05) is 12.1 Å². The summed E-state index contributed by atoms with van der Waals surface area (Å²) in [6.07, 6.45) is 0.700. The maximum Gasteiger partial charge on any atom is 0.338 e. The Balaban J connectivity index is 1.50. The predicted octanol–water partition coefficient (Wildman–Crippen LogP) is 2.54. The monoisotopic (exact) mass is 493 g/mol. The summed E-state index contributed by atoms with van der Waals surface area (Å²) in [4.78, 5) is 55.1. The number of para-hydroxylation sites is 1. The molecular formula is C27H31N3O6. The van der Waals surface area contributed by atoms with Crippen LogP contribution in [0, 0.1) is 5.92 Å². The third-order valence-corrected chi connectivity index (χ3v) is 6.67. The van der Waals surface area contributed by atoms with E-state index in [4.69, 9.17) is 9.47 Å². The summed E-state index contributed by atoms with van der Waals surface area (Å²) in [5.74, 6) is -1.12. The molecule has 9 heteroatoms. The Hall–Kier alpha value is -3.72. The highest BCUT2D eigenvalue weighted by Gasteiger charge is 2.36. The molecule has 0 spiro atoms. The van der Waals surface area contributed by atoms with Crippen LogP contribution in [0.2, 0.25) is 0 Å². The number of piperidine rings is 1. The van der Waals surface area contributed by atoms with Gasteiger partial charge in [-0.25, -0.2) is 9.59 Å². The van der Waals surface area contributed by atoms with Gasteiger partial charge in [0.2, 0.25) is 0 Å². The van der Waals surface area contributed by atoms with Crippen molar-refractivity contribution in [2.24, 2.45) is 5.92 Å². The van der Waals surface area contributed by atoms with Gasteiger partial charge in [0, 0.05) is 19.6 Å². The molecule has 4 rings (SSSR count). The lowest BCUT2D eigenvalue weighted by Gasteiger charge is -2.37. The Kier molecular flexibility index (Phi) is 8.00. The molecule has 1 aliphatic rings. The third-order valence-electron chi connectivity index (χ3n) is 6.67. The Bertz CT molecular complexity index is 1340. The van der Waals surface area contributed by atoms with Crippen molar-refractivity contribution in [3.05, 3.63) is 80.5 Å². The van der Waals surface area contributed by atoms with Crippen LogP contribution in [0.25, 0.3) is 10.9 Å². The molecule has 2 heterocycles. The largest absolute Gasteiger partial charge is 0.466 e. The Morgan fingerprint density at radius 3 is 2.42 bits per heavy atom. The lowest BCUT2D eigenvalue weighted by Crippen LogP contribution is -2.46. The maximum absolute atomic E-state index is 12.9. The second kappa shape index (κ2) is 11.3. The second-order valence-corrected chi connectivity index (χ2v) is 8.83. The zero-order chi connectivity index (χ0) is 25.7. The average molecular weight is 494 g/mol. The van der Waals surface area contributed by atoms with Gasteiger partial charge in [0.25, 0.3) is 5.56 Å². The lowest BCUT2D eigenvalue weighted by atomic mass is 9.80. The first kappa shape index (κ1) is 25.4. The summed E-state index contributed by atoms with van der Waals surface area (Å²) in [5.41, 5.74) is 1.17. The van der Waals surface area contributed by atoms with Gasteiger partial charge in [0.05, 0.1) is 35.6 Å². The smallest absolute Gasteiger partial charge is 0.338 e. The van der Waals surface area contributed by atoms with Crippen LogP contribution in [0.3, 0.4) is 0 Å². The van der Waals surface area contributed by atoms with Gasteiger partial charge in [-0.05, 0) is 62.6 Å². The van der Waals surface area contributed by atoms with Crippen LogP contribution >= 0.6 is 0 Å². The van der Waals surface area contributed by atoms with Crippen molar-refractivity contribution in [3.8, 4) is 0 Å². The number of carbonyl (C=O) groups is 2. The minimum atomic E-state index is -0.447. The Morgan fingerprint density at radius 1 is 0.972 bits per heavy atom. The molecular weight excluding hydrogens is 462 g/mol. The Labute approximate surface area is 208 Å². The normalized spacial score (nSPS) is 18.2. The number of nitrogens with zero attached hydrogens (tertiary/aromatic N) is 2. The molecule has 36 heavy (non-hydrogen) atoms. The lowest BCUT2D eigenvalue weighted by molar-refractivity contribution is -0.150. The predicted molar refractivity (Wildman–Crippen MR) is 135 cm³/mol. The molecule has 0 radical (unpaired) electrons. The van der Waals surface area contributed by atoms with E-state index in [1.165, 1.54) is 4.57 Å². The Morgan fingerprint density at radius 2 is 1.69 bits per heavy atom. The van der Waals surface area contributed by atoms with Crippen LogP contribution in [0.15, 0.2) is 58.1 Å². The molecule has 0 aliphatic carbocycles. The molecule has 2 aromatic carbocycles. The molecule has 2 atom stereocenters. The summed E-state index contributed by atoms with van der Waals surface area (Å²) in [7, 11) is 0. The number of H-pyrrole nitrogens is 1. The molecule has 1 aliphatic heterocycles. The topological polar surface area (TPSA) is 111 Å². The minimum absolute atomic E-state index is 0.0664. The minimum Gasteiger partial charge on any atom is -0.466 e. The summed E-state index contributed by atoms with van der Waals surface area (Å²) in [6.45, 7) is 5.94. The van der Waals surface area contributed by atoms with Crippen molar-refractivity contribution >= 4 is 22.8 Å². The van der Waals surface area contributed by atoms with Gasteiger partial charge in [0.1, 0.15) is 0 Å². The van der Waals surface area contributed by atoms with Crippen LogP contribution < -0.4 is 11.2 Å². The molecule has 190 valence electrons. The number of esters is 2. The SMILES string of the molecule is CCOC(=O)c1ccc(C2CCN(CCn3c(=O)[nH]c4ccccc4c3=O)C[C@H]2C(=O)OCC)cc1. The van der Waals surface area contributed by atoms with Crippen LogP contribution in [0.1, 0.15) is 42.1 Å². The van der Waals surface area contributed by atoms with Crippen LogP contribution in [0.4, 0.5) is 0 Å². The fourth-order valence-electron chi connectivity index (χ4n) is 4.83. The van der Waals surface area contributed by atoms with Gasteiger partial charge in [-0.15, -0.1) is 0 Å². The van der Waals surface area contributed by atoms with Crippen LogP contribution in [-0.2, 0) is 20.8 Å². The zero-order valence-corrected chi connectivity index (χ0v) is 20.6. The van der Waals surface area contributed by atoms with Crippen LogP contribution in [0.5, 0.6) is 0 Å². The van der Waals surface area contributed by atoms with Crippen molar-refractivity contribution in [3.63, 3.8) is 0 Å². The van der Waals surface area contributed by atoms with Crippen molar-refractivity contribution < 1.29 is 19.1 Å². The molecule has 0 bridgehead atoms. The van der Waals surface area contributed by atoms with Crippen molar-refractivity contribution in [1.29, 1.82) is 0 Å². The van der Waals surface area contributed by atoms with E-state index in [9.17, 15) is 19.2 Å². The number of nitrogens with one attached hydrogen (secondary N) is 1. The first-order valence-corrected chi connectivity index (χ1v) is 12.3. The number of aromatic amines is 1. The number of carbonyl (C=O) groups excluding carboxylic acids is 2. The number of benzene rings is 2. The first-order valence-electron chi connectivity index (χ1n) is 12.3. The van der Waals surface area contributed by atoms with E-state index in [0.717, 1.165) is 5.56 Å². The highest BCUT2D eigenvalue weighted by Crippen LogP contribution is 2.34. The summed E-state index contributed by atoms with van der Waals surface area (Å²) in [6, 6.07) is 14.1.